The molecule has 1 aromatic carbocycles. The van der Waals surface area contributed by atoms with Crippen molar-refractivity contribution in [3.8, 4) is 0 Å². The monoisotopic (exact) mass is 236 g/mol. The zero-order valence-corrected chi connectivity index (χ0v) is 10.5. The Morgan fingerprint density at radius 2 is 2.06 bits per heavy atom. The Kier molecular flexibility index (Phi) is 5.63. The van der Waals surface area contributed by atoms with E-state index in [-0.39, 0.29) is 16.7 Å². The van der Waals surface area contributed by atoms with Crippen LogP contribution in [0.25, 0.3) is 0 Å². The van der Waals surface area contributed by atoms with Crippen molar-refractivity contribution < 1.29 is 4.92 Å². The van der Waals surface area contributed by atoms with Crippen LogP contribution in [0.1, 0.15) is 44.7 Å². The van der Waals surface area contributed by atoms with Gasteiger partial charge in [0.1, 0.15) is 0 Å². The molecule has 1 rings (SSSR count). The summed E-state index contributed by atoms with van der Waals surface area (Å²) in [4.78, 5) is 10.6. The summed E-state index contributed by atoms with van der Waals surface area (Å²) in [6.07, 6.45) is 3.49. The fraction of sp³-hybridized carbons (Fsp3) is 0.538. The quantitative estimate of drug-likeness (QED) is 0.448. The Labute approximate surface area is 102 Å². The van der Waals surface area contributed by atoms with Gasteiger partial charge in [0.25, 0.3) is 5.69 Å². The van der Waals surface area contributed by atoms with Gasteiger partial charge in [-0.2, -0.15) is 0 Å². The van der Waals surface area contributed by atoms with E-state index >= 15 is 0 Å². The highest BCUT2D eigenvalue weighted by atomic mass is 16.6. The van der Waals surface area contributed by atoms with E-state index in [0.717, 1.165) is 18.5 Å². The summed E-state index contributed by atoms with van der Waals surface area (Å²) in [5.41, 5.74) is 0.956. The van der Waals surface area contributed by atoms with Gasteiger partial charge in [0.2, 0.25) is 0 Å². The number of unbranched alkanes of at least 4 members (excludes halogenated alkanes) is 2. The smallest absolute Gasteiger partial charge is 0.274 e. The fourth-order valence-electron chi connectivity index (χ4n) is 1.82. The van der Waals surface area contributed by atoms with Crippen LogP contribution < -0.4 is 5.32 Å². The molecular weight excluding hydrogens is 216 g/mol. The predicted molar refractivity (Wildman–Crippen MR) is 69.0 cm³/mol. The lowest BCUT2D eigenvalue weighted by atomic mass is 10.1. The van der Waals surface area contributed by atoms with Gasteiger partial charge >= 0.3 is 0 Å². The first kappa shape index (κ1) is 13.6. The number of para-hydroxylation sites is 1. The highest BCUT2D eigenvalue weighted by Gasteiger charge is 2.17. The zero-order valence-electron chi connectivity index (χ0n) is 10.5. The van der Waals surface area contributed by atoms with Crippen LogP contribution >= 0.6 is 0 Å². The highest BCUT2D eigenvalue weighted by Crippen LogP contribution is 2.24. The predicted octanol–water partition coefficient (Wildman–Crippen LogP) is 3.44. The molecule has 4 nitrogen and oxygen atoms in total. The minimum absolute atomic E-state index is 0.0217. The standard InChI is InChI=1S/C13H20N2O2/c1-3-4-7-10-14-11(2)12-8-5-6-9-13(12)15(16)17/h5-6,8-9,11,14H,3-4,7,10H2,1-2H3. The van der Waals surface area contributed by atoms with Crippen molar-refractivity contribution in [2.24, 2.45) is 0 Å². The van der Waals surface area contributed by atoms with Gasteiger partial charge in [-0.05, 0) is 19.9 Å². The first-order valence-electron chi connectivity index (χ1n) is 6.13. The first-order valence-corrected chi connectivity index (χ1v) is 6.13. The molecule has 0 saturated carbocycles. The third-order valence-electron chi connectivity index (χ3n) is 2.83. The summed E-state index contributed by atoms with van der Waals surface area (Å²) in [6.45, 7) is 5.03. The fourth-order valence-corrected chi connectivity index (χ4v) is 1.82. The summed E-state index contributed by atoms with van der Waals surface area (Å²) in [5, 5.41) is 14.2. The van der Waals surface area contributed by atoms with E-state index in [1.165, 1.54) is 12.8 Å². The molecule has 94 valence electrons. The van der Waals surface area contributed by atoms with E-state index in [9.17, 15) is 10.1 Å². The molecule has 0 heterocycles. The molecule has 0 radical (unpaired) electrons. The minimum Gasteiger partial charge on any atom is -0.310 e. The number of hydrogen-bond acceptors (Lipinski definition) is 3. The first-order chi connectivity index (χ1) is 8.16. The number of rotatable bonds is 7. The summed E-state index contributed by atoms with van der Waals surface area (Å²) >= 11 is 0. The van der Waals surface area contributed by atoms with Crippen LogP contribution in [0.2, 0.25) is 0 Å². The van der Waals surface area contributed by atoms with Gasteiger partial charge in [0.15, 0.2) is 0 Å². The van der Waals surface area contributed by atoms with Gasteiger partial charge in [-0.3, -0.25) is 10.1 Å². The number of nitro groups is 1. The maximum atomic E-state index is 10.9. The molecule has 0 amide bonds. The van der Waals surface area contributed by atoms with Gasteiger partial charge < -0.3 is 5.32 Å². The molecule has 1 unspecified atom stereocenters. The largest absolute Gasteiger partial charge is 0.310 e. The van der Waals surface area contributed by atoms with Crippen LogP contribution in [0.15, 0.2) is 24.3 Å². The van der Waals surface area contributed by atoms with Crippen molar-refractivity contribution in [1.82, 2.24) is 5.32 Å². The van der Waals surface area contributed by atoms with E-state index in [1.54, 1.807) is 12.1 Å². The van der Waals surface area contributed by atoms with Crippen LogP contribution in [0.4, 0.5) is 5.69 Å². The van der Waals surface area contributed by atoms with Crippen molar-refractivity contribution >= 4 is 5.69 Å². The van der Waals surface area contributed by atoms with E-state index in [0.29, 0.717) is 0 Å². The highest BCUT2D eigenvalue weighted by molar-refractivity contribution is 5.41. The number of benzene rings is 1. The average molecular weight is 236 g/mol. The second-order valence-electron chi connectivity index (χ2n) is 4.20. The normalized spacial score (nSPS) is 12.4. The van der Waals surface area contributed by atoms with Crippen molar-refractivity contribution in [2.45, 2.75) is 39.2 Å². The Morgan fingerprint density at radius 3 is 2.71 bits per heavy atom. The summed E-state index contributed by atoms with van der Waals surface area (Å²) in [6, 6.07) is 6.93. The van der Waals surface area contributed by atoms with Crippen molar-refractivity contribution in [3.63, 3.8) is 0 Å². The van der Waals surface area contributed by atoms with E-state index in [1.807, 2.05) is 19.1 Å². The molecule has 0 bridgehead atoms. The molecule has 1 atom stereocenters. The maximum absolute atomic E-state index is 10.9. The van der Waals surface area contributed by atoms with Crippen molar-refractivity contribution in [3.05, 3.63) is 39.9 Å². The number of hydrogen-bond donors (Lipinski definition) is 1. The van der Waals surface area contributed by atoms with Crippen LogP contribution in [0.5, 0.6) is 0 Å². The summed E-state index contributed by atoms with van der Waals surface area (Å²) < 4.78 is 0. The van der Waals surface area contributed by atoms with Gasteiger partial charge in [0, 0.05) is 17.7 Å². The minimum atomic E-state index is -0.320. The van der Waals surface area contributed by atoms with E-state index in [4.69, 9.17) is 0 Å². The van der Waals surface area contributed by atoms with Crippen LogP contribution in [0, 0.1) is 10.1 Å². The lowest BCUT2D eigenvalue weighted by Crippen LogP contribution is -2.20. The Bertz CT molecular complexity index is 366. The Hall–Kier alpha value is -1.42. The van der Waals surface area contributed by atoms with Crippen LogP contribution in [-0.4, -0.2) is 11.5 Å². The number of nitrogens with one attached hydrogen (secondary N) is 1. The summed E-state index contributed by atoms with van der Waals surface area (Å²) in [7, 11) is 0. The molecule has 1 N–H and O–H groups in total. The van der Waals surface area contributed by atoms with Crippen LogP contribution in [-0.2, 0) is 0 Å². The van der Waals surface area contributed by atoms with Gasteiger partial charge in [0.05, 0.1) is 4.92 Å². The molecule has 17 heavy (non-hydrogen) atoms. The molecule has 0 fully saturated rings. The second-order valence-corrected chi connectivity index (χ2v) is 4.20. The molecule has 0 aliphatic rings. The third-order valence-corrected chi connectivity index (χ3v) is 2.83. The lowest BCUT2D eigenvalue weighted by molar-refractivity contribution is -0.385. The molecule has 0 aliphatic carbocycles. The number of nitro benzene ring substituents is 1. The molecule has 4 heteroatoms. The molecule has 0 aromatic heterocycles. The van der Waals surface area contributed by atoms with Gasteiger partial charge in [-0.15, -0.1) is 0 Å². The van der Waals surface area contributed by atoms with Crippen LogP contribution in [0.3, 0.4) is 0 Å². The van der Waals surface area contributed by atoms with Crippen molar-refractivity contribution in [2.75, 3.05) is 6.54 Å². The third kappa shape index (κ3) is 4.15. The molecule has 0 aliphatic heterocycles. The summed E-state index contributed by atoms with van der Waals surface area (Å²) in [5.74, 6) is 0. The van der Waals surface area contributed by atoms with Gasteiger partial charge in [-0.25, -0.2) is 0 Å². The lowest BCUT2D eigenvalue weighted by Gasteiger charge is -2.14. The maximum Gasteiger partial charge on any atom is 0.274 e. The molecular formula is C13H20N2O2. The number of nitrogens with zero attached hydrogens (tertiary/aromatic N) is 1. The topological polar surface area (TPSA) is 55.2 Å². The van der Waals surface area contributed by atoms with Gasteiger partial charge in [-0.1, -0.05) is 38.0 Å². The zero-order chi connectivity index (χ0) is 12.7. The second kappa shape index (κ2) is 7.01. The van der Waals surface area contributed by atoms with E-state index in [2.05, 4.69) is 12.2 Å². The molecule has 1 aromatic rings. The average Bonchev–Trinajstić information content (AvgIpc) is 2.34. The van der Waals surface area contributed by atoms with Crippen molar-refractivity contribution in [1.29, 1.82) is 0 Å². The SMILES string of the molecule is CCCCCNC(C)c1ccccc1[N+](=O)[O-]. The Balaban J connectivity index is 2.62. The Morgan fingerprint density at radius 1 is 1.35 bits per heavy atom. The molecule has 0 spiro atoms. The van der Waals surface area contributed by atoms with E-state index < -0.39 is 0 Å². The molecule has 0 saturated heterocycles.